The van der Waals surface area contributed by atoms with Crippen LogP contribution in [0, 0.1) is 11.6 Å². The highest BCUT2D eigenvalue weighted by Crippen LogP contribution is 2.30. The smallest absolute Gasteiger partial charge is 0.248 e. The molecule has 0 aliphatic heterocycles. The van der Waals surface area contributed by atoms with E-state index in [0.717, 1.165) is 23.0 Å². The van der Waals surface area contributed by atoms with Crippen molar-refractivity contribution in [3.05, 3.63) is 69.8 Å². The van der Waals surface area contributed by atoms with Crippen LogP contribution in [-0.4, -0.2) is 10.9 Å². The number of hydrogen-bond acceptors (Lipinski definition) is 1. The van der Waals surface area contributed by atoms with Crippen LogP contribution in [0.2, 0.25) is 10.0 Å². The molecule has 3 aromatic rings. The minimum atomic E-state index is -0.846. The van der Waals surface area contributed by atoms with Crippen molar-refractivity contribution in [1.82, 2.24) is 4.98 Å². The zero-order valence-electron chi connectivity index (χ0n) is 12.0. The molecule has 0 unspecified atom stereocenters. The molecule has 24 heavy (non-hydrogen) atoms. The Morgan fingerprint density at radius 3 is 2.71 bits per heavy atom. The van der Waals surface area contributed by atoms with Crippen molar-refractivity contribution in [2.75, 3.05) is 5.32 Å². The molecule has 0 bridgehead atoms. The third-order valence-corrected chi connectivity index (χ3v) is 3.85. The maximum atomic E-state index is 13.5. The maximum Gasteiger partial charge on any atom is 0.248 e. The third-order valence-electron chi connectivity index (χ3n) is 3.33. The molecule has 0 spiro atoms. The highest BCUT2D eigenvalue weighted by atomic mass is 35.5. The number of aromatic nitrogens is 1. The summed E-state index contributed by atoms with van der Waals surface area (Å²) in [4.78, 5) is 14.9. The molecule has 2 N–H and O–H groups in total. The number of halogens is 4. The molecule has 3 rings (SSSR count). The molecule has 122 valence electrons. The minimum Gasteiger partial charge on any atom is -0.360 e. The number of rotatable bonds is 3. The van der Waals surface area contributed by atoms with Gasteiger partial charge in [0.15, 0.2) is 0 Å². The van der Waals surface area contributed by atoms with Gasteiger partial charge in [-0.05, 0) is 30.3 Å². The van der Waals surface area contributed by atoms with Gasteiger partial charge >= 0.3 is 0 Å². The van der Waals surface area contributed by atoms with Gasteiger partial charge in [-0.3, -0.25) is 4.79 Å². The summed E-state index contributed by atoms with van der Waals surface area (Å²) in [6, 6.07) is 6.23. The lowest BCUT2D eigenvalue weighted by atomic mass is 10.1. The summed E-state index contributed by atoms with van der Waals surface area (Å²) < 4.78 is 26.4. The van der Waals surface area contributed by atoms with E-state index < -0.39 is 17.5 Å². The Labute approximate surface area is 145 Å². The molecule has 0 aliphatic rings. The first kappa shape index (κ1) is 16.5. The highest BCUT2D eigenvalue weighted by molar-refractivity contribution is 6.39. The fourth-order valence-electron chi connectivity index (χ4n) is 2.27. The third kappa shape index (κ3) is 3.42. The predicted octanol–water partition coefficient (Wildman–Crippen LogP) is 5.40. The van der Waals surface area contributed by atoms with E-state index in [1.807, 2.05) is 0 Å². The van der Waals surface area contributed by atoms with Gasteiger partial charge in [0, 0.05) is 39.8 Å². The lowest BCUT2D eigenvalue weighted by Gasteiger charge is -2.03. The number of carbonyl (C=O) groups excluding carboxylic acids is 1. The van der Waals surface area contributed by atoms with E-state index >= 15 is 0 Å². The van der Waals surface area contributed by atoms with Gasteiger partial charge in [-0.15, -0.1) is 0 Å². The number of nitrogens with one attached hydrogen (secondary N) is 2. The van der Waals surface area contributed by atoms with Crippen LogP contribution in [0.1, 0.15) is 5.56 Å². The van der Waals surface area contributed by atoms with Crippen molar-refractivity contribution in [3.8, 4) is 0 Å². The van der Waals surface area contributed by atoms with Crippen LogP contribution in [0.4, 0.5) is 14.5 Å². The van der Waals surface area contributed by atoms with Gasteiger partial charge < -0.3 is 10.3 Å². The summed E-state index contributed by atoms with van der Waals surface area (Å²) in [6.07, 6.45) is 4.45. The number of amides is 1. The first-order valence-corrected chi connectivity index (χ1v) is 7.60. The summed E-state index contributed by atoms with van der Waals surface area (Å²) in [5.74, 6) is -2.12. The molecule has 1 amide bonds. The first-order valence-electron chi connectivity index (χ1n) is 6.84. The van der Waals surface area contributed by atoms with Crippen LogP contribution in [0.5, 0.6) is 0 Å². The fraction of sp³-hybridized carbons (Fsp3) is 0. The van der Waals surface area contributed by atoms with Gasteiger partial charge in [0.05, 0.1) is 10.7 Å². The molecule has 0 radical (unpaired) electrons. The van der Waals surface area contributed by atoms with Crippen molar-refractivity contribution in [1.29, 1.82) is 0 Å². The molecule has 0 saturated carbocycles. The Hall–Kier alpha value is -2.37. The van der Waals surface area contributed by atoms with Crippen LogP contribution >= 0.6 is 23.2 Å². The summed E-state index contributed by atoms with van der Waals surface area (Å²) >= 11 is 12.1. The van der Waals surface area contributed by atoms with E-state index in [4.69, 9.17) is 23.2 Å². The Bertz CT molecular complexity index is 967. The number of H-pyrrole nitrogens is 1. The average Bonchev–Trinajstić information content (AvgIpc) is 2.91. The van der Waals surface area contributed by atoms with Crippen molar-refractivity contribution in [2.24, 2.45) is 0 Å². The maximum absolute atomic E-state index is 13.5. The number of carbonyl (C=O) groups is 1. The number of fused-ring (bicyclic) bond motifs is 1. The molecule has 0 atom stereocenters. The predicted molar refractivity (Wildman–Crippen MR) is 92.3 cm³/mol. The SMILES string of the molecule is O=C(C=Cc1c[nH]c2cc(Cl)cc(Cl)c12)Nc1ccc(F)cc1F. The molecule has 1 aromatic heterocycles. The molecule has 2 aromatic carbocycles. The number of aromatic amines is 1. The molecule has 1 heterocycles. The van der Waals surface area contributed by atoms with Gasteiger partial charge in [0.2, 0.25) is 5.91 Å². The molecule has 7 heteroatoms. The first-order chi connectivity index (χ1) is 11.4. The van der Waals surface area contributed by atoms with Crippen molar-refractivity contribution in [3.63, 3.8) is 0 Å². The van der Waals surface area contributed by atoms with Crippen LogP contribution < -0.4 is 5.32 Å². The van der Waals surface area contributed by atoms with E-state index in [0.29, 0.717) is 21.7 Å². The zero-order chi connectivity index (χ0) is 17.3. The second-order valence-electron chi connectivity index (χ2n) is 5.00. The van der Waals surface area contributed by atoms with Crippen LogP contribution in [0.25, 0.3) is 17.0 Å². The second-order valence-corrected chi connectivity index (χ2v) is 5.84. The quantitative estimate of drug-likeness (QED) is 0.598. The van der Waals surface area contributed by atoms with E-state index in [2.05, 4.69) is 10.3 Å². The van der Waals surface area contributed by atoms with Crippen molar-refractivity contribution in [2.45, 2.75) is 0 Å². The number of hydrogen-bond donors (Lipinski definition) is 2. The van der Waals surface area contributed by atoms with Crippen molar-refractivity contribution < 1.29 is 13.6 Å². The van der Waals surface area contributed by atoms with Gasteiger partial charge in [0.25, 0.3) is 0 Å². The second kappa shape index (κ2) is 6.63. The molecule has 0 fully saturated rings. The highest BCUT2D eigenvalue weighted by Gasteiger charge is 2.09. The zero-order valence-corrected chi connectivity index (χ0v) is 13.6. The van der Waals surface area contributed by atoms with Gasteiger partial charge in [-0.2, -0.15) is 0 Å². The summed E-state index contributed by atoms with van der Waals surface area (Å²) in [6.45, 7) is 0. The van der Waals surface area contributed by atoms with E-state index in [-0.39, 0.29) is 5.69 Å². The van der Waals surface area contributed by atoms with E-state index in [1.54, 1.807) is 18.3 Å². The van der Waals surface area contributed by atoms with E-state index in [1.165, 1.54) is 12.2 Å². The Kier molecular flexibility index (Phi) is 4.55. The van der Waals surface area contributed by atoms with Gasteiger partial charge in [0.1, 0.15) is 11.6 Å². The van der Waals surface area contributed by atoms with Crippen LogP contribution in [0.15, 0.2) is 42.6 Å². The lowest BCUT2D eigenvalue weighted by molar-refractivity contribution is -0.111. The molecule has 0 saturated heterocycles. The van der Waals surface area contributed by atoms with Crippen molar-refractivity contribution >= 4 is 51.8 Å². The molecule has 0 aliphatic carbocycles. The fourth-order valence-corrected chi connectivity index (χ4v) is 2.87. The number of benzene rings is 2. The molecular formula is C17H10Cl2F2N2O. The largest absolute Gasteiger partial charge is 0.360 e. The standard InChI is InChI=1S/C17H10Cl2F2N2O/c18-10-5-12(19)17-9(8-22-15(17)6-10)1-4-16(24)23-14-3-2-11(20)7-13(14)21/h1-8,22H,(H,23,24). The normalized spacial score (nSPS) is 11.3. The minimum absolute atomic E-state index is 0.102. The monoisotopic (exact) mass is 366 g/mol. The number of anilines is 1. The Morgan fingerprint density at radius 2 is 1.96 bits per heavy atom. The van der Waals surface area contributed by atoms with Gasteiger partial charge in [-0.25, -0.2) is 8.78 Å². The molecule has 3 nitrogen and oxygen atoms in total. The van der Waals surface area contributed by atoms with Crippen LogP contribution in [-0.2, 0) is 4.79 Å². The average molecular weight is 367 g/mol. The Morgan fingerprint density at radius 1 is 1.17 bits per heavy atom. The summed E-state index contributed by atoms with van der Waals surface area (Å²) in [5, 5.41) is 4.00. The topological polar surface area (TPSA) is 44.9 Å². The van der Waals surface area contributed by atoms with Gasteiger partial charge in [-0.1, -0.05) is 23.2 Å². The summed E-state index contributed by atoms with van der Waals surface area (Å²) in [7, 11) is 0. The Balaban J connectivity index is 1.82. The molecular weight excluding hydrogens is 357 g/mol. The van der Waals surface area contributed by atoms with E-state index in [9.17, 15) is 13.6 Å². The summed E-state index contributed by atoms with van der Waals surface area (Å²) in [5.41, 5.74) is 1.31. The lowest BCUT2D eigenvalue weighted by Crippen LogP contribution is -2.09. The van der Waals surface area contributed by atoms with Crippen LogP contribution in [0.3, 0.4) is 0 Å².